The first-order chi connectivity index (χ1) is 6.76. The quantitative estimate of drug-likeness (QED) is 0.704. The van der Waals surface area contributed by atoms with E-state index in [4.69, 9.17) is 9.68 Å². The van der Waals surface area contributed by atoms with Gasteiger partial charge in [0.1, 0.15) is 11.8 Å². The molecule has 0 aliphatic carbocycles. The van der Waals surface area contributed by atoms with Gasteiger partial charge in [-0.25, -0.2) is 0 Å². The van der Waals surface area contributed by atoms with E-state index in [-0.39, 0.29) is 18.2 Å². The normalized spacial score (nSPS) is 9.43. The summed E-state index contributed by atoms with van der Waals surface area (Å²) in [4.78, 5) is 10.8. The summed E-state index contributed by atoms with van der Waals surface area (Å²) in [7, 11) is 1.57. The monoisotopic (exact) mass is 193 g/mol. The lowest BCUT2D eigenvalue weighted by molar-refractivity contribution is -0.119. The molecular formula is C9H11N3O2. The highest BCUT2D eigenvalue weighted by molar-refractivity contribution is 5.77. The molecule has 0 aliphatic rings. The summed E-state index contributed by atoms with van der Waals surface area (Å²) in [5.41, 5.74) is 0. The molecule has 0 fully saturated rings. The van der Waals surface area contributed by atoms with Crippen LogP contribution in [0.25, 0.3) is 0 Å². The molecule has 0 aromatic carbocycles. The van der Waals surface area contributed by atoms with E-state index in [0.717, 1.165) is 0 Å². The third-order valence-electron chi connectivity index (χ3n) is 1.64. The van der Waals surface area contributed by atoms with Crippen molar-refractivity contribution in [3.8, 4) is 6.07 Å². The minimum Gasteiger partial charge on any atom is -0.449 e. The maximum atomic E-state index is 10.8. The Balaban J connectivity index is 2.32. The summed E-state index contributed by atoms with van der Waals surface area (Å²) < 4.78 is 5.09. The zero-order chi connectivity index (χ0) is 10.4. The molecular weight excluding hydrogens is 182 g/mol. The van der Waals surface area contributed by atoms with E-state index in [2.05, 4.69) is 10.6 Å². The van der Waals surface area contributed by atoms with Crippen molar-refractivity contribution in [3.63, 3.8) is 0 Å². The third-order valence-corrected chi connectivity index (χ3v) is 1.64. The highest BCUT2D eigenvalue weighted by Gasteiger charge is 2.01. The zero-order valence-corrected chi connectivity index (χ0v) is 7.83. The minimum atomic E-state index is -0.0861. The van der Waals surface area contributed by atoms with E-state index in [1.165, 1.54) is 0 Å². The van der Waals surface area contributed by atoms with Crippen LogP contribution < -0.4 is 10.6 Å². The third kappa shape index (κ3) is 2.92. The molecule has 0 saturated carbocycles. The second-order valence-electron chi connectivity index (χ2n) is 2.65. The van der Waals surface area contributed by atoms with Gasteiger partial charge in [-0.3, -0.25) is 4.79 Å². The van der Waals surface area contributed by atoms with Gasteiger partial charge in [0.15, 0.2) is 0 Å². The number of carbonyl (C=O) groups is 1. The Morgan fingerprint density at radius 1 is 1.64 bits per heavy atom. The van der Waals surface area contributed by atoms with Crippen LogP contribution in [-0.2, 0) is 11.3 Å². The Morgan fingerprint density at radius 3 is 3.00 bits per heavy atom. The van der Waals surface area contributed by atoms with Crippen LogP contribution in [0, 0.1) is 11.3 Å². The molecule has 0 bridgehead atoms. The molecule has 14 heavy (non-hydrogen) atoms. The molecule has 0 radical (unpaired) electrons. The molecule has 0 unspecified atom stereocenters. The summed E-state index contributed by atoms with van der Waals surface area (Å²) in [5, 5.41) is 13.8. The number of likely N-dealkylation sites (N-methyl/N-ethyl adjacent to an activating group) is 1. The van der Waals surface area contributed by atoms with Crippen LogP contribution in [-0.4, -0.2) is 19.5 Å². The van der Waals surface area contributed by atoms with Gasteiger partial charge in [-0.2, -0.15) is 5.26 Å². The van der Waals surface area contributed by atoms with Gasteiger partial charge in [0.05, 0.1) is 13.1 Å². The highest BCUT2D eigenvalue weighted by Crippen LogP contribution is 2.05. The first-order valence-corrected chi connectivity index (χ1v) is 4.16. The van der Waals surface area contributed by atoms with Gasteiger partial charge in [-0.1, -0.05) is 0 Å². The fourth-order valence-electron chi connectivity index (χ4n) is 0.921. The second kappa shape index (κ2) is 5.04. The SMILES string of the molecule is CNC(=O)CNCc1ccc(C#N)o1. The van der Waals surface area contributed by atoms with Gasteiger partial charge in [-0.05, 0) is 12.1 Å². The van der Waals surface area contributed by atoms with E-state index >= 15 is 0 Å². The molecule has 1 aromatic heterocycles. The van der Waals surface area contributed by atoms with E-state index in [0.29, 0.717) is 12.3 Å². The van der Waals surface area contributed by atoms with Crippen molar-refractivity contribution >= 4 is 5.91 Å². The lowest BCUT2D eigenvalue weighted by Crippen LogP contribution is -2.30. The molecule has 0 atom stereocenters. The zero-order valence-electron chi connectivity index (χ0n) is 7.83. The maximum Gasteiger partial charge on any atom is 0.233 e. The Labute approximate surface area is 81.7 Å². The summed E-state index contributed by atoms with van der Waals surface area (Å²) >= 11 is 0. The molecule has 74 valence electrons. The number of rotatable bonds is 4. The number of carbonyl (C=O) groups excluding carboxylic acids is 1. The Morgan fingerprint density at radius 2 is 2.43 bits per heavy atom. The van der Waals surface area contributed by atoms with Crippen molar-refractivity contribution < 1.29 is 9.21 Å². The van der Waals surface area contributed by atoms with Crippen molar-refractivity contribution in [3.05, 3.63) is 23.7 Å². The molecule has 1 rings (SSSR count). The van der Waals surface area contributed by atoms with Crippen LogP contribution in [0.15, 0.2) is 16.5 Å². The van der Waals surface area contributed by atoms with Crippen molar-refractivity contribution in [1.29, 1.82) is 5.26 Å². The standard InChI is InChI=1S/C9H11N3O2/c1-11-9(13)6-12-5-8-3-2-7(4-10)14-8/h2-3,12H,5-6H2,1H3,(H,11,13). The Hall–Kier alpha value is -1.80. The summed E-state index contributed by atoms with van der Waals surface area (Å²) in [6.45, 7) is 0.675. The lowest BCUT2D eigenvalue weighted by atomic mass is 10.4. The molecule has 0 saturated heterocycles. The van der Waals surface area contributed by atoms with Crippen molar-refractivity contribution in [1.82, 2.24) is 10.6 Å². The predicted octanol–water partition coefficient (Wildman–Crippen LogP) is -0.0131. The van der Waals surface area contributed by atoms with Crippen LogP contribution in [0.2, 0.25) is 0 Å². The van der Waals surface area contributed by atoms with Crippen molar-refractivity contribution in [2.75, 3.05) is 13.6 Å². The largest absolute Gasteiger partial charge is 0.449 e. The first kappa shape index (κ1) is 10.3. The minimum absolute atomic E-state index is 0.0861. The second-order valence-corrected chi connectivity index (χ2v) is 2.65. The van der Waals surface area contributed by atoms with Crippen LogP contribution >= 0.6 is 0 Å². The number of nitriles is 1. The smallest absolute Gasteiger partial charge is 0.233 e. The molecule has 1 aromatic rings. The first-order valence-electron chi connectivity index (χ1n) is 4.16. The van der Waals surface area contributed by atoms with Gasteiger partial charge in [0.25, 0.3) is 0 Å². The Bertz CT molecular complexity index is 351. The molecule has 5 heteroatoms. The summed E-state index contributed by atoms with van der Waals surface area (Å²) in [6.07, 6.45) is 0. The van der Waals surface area contributed by atoms with Crippen LogP contribution in [0.1, 0.15) is 11.5 Å². The molecule has 0 aliphatic heterocycles. The number of hydrogen-bond acceptors (Lipinski definition) is 4. The van der Waals surface area contributed by atoms with Gasteiger partial charge in [0, 0.05) is 7.05 Å². The van der Waals surface area contributed by atoms with E-state index in [9.17, 15) is 4.79 Å². The van der Waals surface area contributed by atoms with Crippen LogP contribution in [0.5, 0.6) is 0 Å². The highest BCUT2D eigenvalue weighted by atomic mass is 16.3. The van der Waals surface area contributed by atoms with Gasteiger partial charge in [-0.15, -0.1) is 0 Å². The van der Waals surface area contributed by atoms with E-state index < -0.39 is 0 Å². The molecule has 1 heterocycles. The van der Waals surface area contributed by atoms with Gasteiger partial charge in [0.2, 0.25) is 11.7 Å². The van der Waals surface area contributed by atoms with E-state index in [1.54, 1.807) is 19.2 Å². The average molecular weight is 193 g/mol. The predicted molar refractivity (Wildman–Crippen MR) is 49.2 cm³/mol. The fraction of sp³-hybridized carbons (Fsp3) is 0.333. The van der Waals surface area contributed by atoms with Crippen molar-refractivity contribution in [2.45, 2.75) is 6.54 Å². The topological polar surface area (TPSA) is 78.1 Å². The fourth-order valence-corrected chi connectivity index (χ4v) is 0.921. The van der Waals surface area contributed by atoms with Gasteiger partial charge < -0.3 is 15.1 Å². The number of amides is 1. The lowest BCUT2D eigenvalue weighted by Gasteiger charge is -2.00. The molecule has 1 amide bonds. The average Bonchev–Trinajstić information content (AvgIpc) is 2.65. The number of nitrogens with one attached hydrogen (secondary N) is 2. The Kier molecular flexibility index (Phi) is 3.70. The molecule has 2 N–H and O–H groups in total. The van der Waals surface area contributed by atoms with Crippen molar-refractivity contribution in [2.24, 2.45) is 0 Å². The summed E-state index contributed by atoms with van der Waals surface area (Å²) in [6, 6.07) is 5.18. The molecule has 0 spiro atoms. The number of nitrogens with zero attached hydrogens (tertiary/aromatic N) is 1. The number of furan rings is 1. The van der Waals surface area contributed by atoms with Crippen LogP contribution in [0.4, 0.5) is 0 Å². The van der Waals surface area contributed by atoms with Gasteiger partial charge >= 0.3 is 0 Å². The van der Waals surface area contributed by atoms with Crippen LogP contribution in [0.3, 0.4) is 0 Å². The summed E-state index contributed by atoms with van der Waals surface area (Å²) in [5.74, 6) is 0.837. The number of hydrogen-bond donors (Lipinski definition) is 2. The van der Waals surface area contributed by atoms with E-state index in [1.807, 2.05) is 6.07 Å². The maximum absolute atomic E-state index is 10.8. The molecule has 5 nitrogen and oxygen atoms in total.